The van der Waals surface area contributed by atoms with Gasteiger partial charge in [-0.05, 0) is 54.7 Å². The quantitative estimate of drug-likeness (QED) is 0.875. The van der Waals surface area contributed by atoms with Crippen molar-refractivity contribution in [2.24, 2.45) is 0 Å². The smallest absolute Gasteiger partial charge is 0.198 e. The molecule has 0 aliphatic heterocycles. The molecule has 0 saturated heterocycles. The fraction of sp³-hybridized carbons (Fsp3) is 0.333. The topological polar surface area (TPSA) is 25.2 Å². The first-order valence-corrected chi connectivity index (χ1v) is 6.73. The first-order valence-electron chi connectivity index (χ1n) is 6.35. The van der Waals surface area contributed by atoms with E-state index in [0.29, 0.717) is 10.8 Å². The summed E-state index contributed by atoms with van der Waals surface area (Å²) in [5.74, 6) is -0.198. The number of hydrogen-bond acceptors (Lipinski definition) is 2. The minimum absolute atomic E-state index is 0.0782. The Morgan fingerprint density at radius 2 is 2.16 bits per heavy atom. The Hall–Kier alpha value is -1.32. The first kappa shape index (κ1) is 14.1. The van der Waals surface area contributed by atoms with Crippen LogP contribution in [0, 0.1) is 12.7 Å². The fourth-order valence-corrected chi connectivity index (χ4v) is 2.28. The van der Waals surface area contributed by atoms with Crippen molar-refractivity contribution in [3.05, 3.63) is 58.3 Å². The third kappa shape index (κ3) is 3.17. The van der Waals surface area contributed by atoms with E-state index in [2.05, 4.69) is 12.2 Å². The minimum Gasteiger partial charge on any atom is -0.453 e. The van der Waals surface area contributed by atoms with E-state index in [4.69, 9.17) is 16.0 Å². The lowest BCUT2D eigenvalue weighted by molar-refractivity contribution is 0.549. The second-order valence-electron chi connectivity index (χ2n) is 4.55. The zero-order chi connectivity index (χ0) is 13.8. The predicted molar refractivity (Wildman–Crippen MR) is 75.0 cm³/mol. The van der Waals surface area contributed by atoms with E-state index < -0.39 is 0 Å². The monoisotopic (exact) mass is 281 g/mol. The Morgan fingerprint density at radius 1 is 1.37 bits per heavy atom. The van der Waals surface area contributed by atoms with Gasteiger partial charge >= 0.3 is 0 Å². The molecule has 19 heavy (non-hydrogen) atoms. The normalized spacial score (nSPS) is 12.6. The van der Waals surface area contributed by atoms with E-state index in [1.807, 2.05) is 12.1 Å². The molecule has 0 amide bonds. The van der Waals surface area contributed by atoms with Crippen LogP contribution in [-0.2, 0) is 0 Å². The lowest BCUT2D eigenvalue weighted by atomic mass is 9.99. The Morgan fingerprint density at radius 3 is 2.74 bits per heavy atom. The molecule has 0 spiro atoms. The standard InChI is InChI=1S/C15H17ClFNO/c1-3-7-18-14(12-6-8-19-15(12)16)11-4-5-13(17)10(2)9-11/h4-6,8-9,14,18H,3,7H2,1-2H3. The number of halogens is 2. The van der Waals surface area contributed by atoms with Crippen molar-refractivity contribution in [2.75, 3.05) is 6.54 Å². The summed E-state index contributed by atoms with van der Waals surface area (Å²) in [5.41, 5.74) is 2.48. The van der Waals surface area contributed by atoms with Crippen LogP contribution in [0.2, 0.25) is 5.22 Å². The average molecular weight is 282 g/mol. The van der Waals surface area contributed by atoms with Crippen LogP contribution in [0.1, 0.15) is 36.1 Å². The van der Waals surface area contributed by atoms with Crippen LogP contribution in [0.4, 0.5) is 4.39 Å². The molecule has 0 saturated carbocycles. The molecule has 4 heteroatoms. The second kappa shape index (κ2) is 6.22. The highest BCUT2D eigenvalue weighted by atomic mass is 35.5. The van der Waals surface area contributed by atoms with Gasteiger partial charge in [0.05, 0.1) is 12.3 Å². The van der Waals surface area contributed by atoms with E-state index in [1.54, 1.807) is 19.3 Å². The Bertz CT molecular complexity index is 553. The summed E-state index contributed by atoms with van der Waals surface area (Å²) in [6.45, 7) is 4.70. The molecule has 0 aliphatic carbocycles. The van der Waals surface area contributed by atoms with E-state index >= 15 is 0 Å². The van der Waals surface area contributed by atoms with Crippen molar-refractivity contribution in [1.29, 1.82) is 0 Å². The van der Waals surface area contributed by atoms with Crippen molar-refractivity contribution in [1.82, 2.24) is 5.32 Å². The summed E-state index contributed by atoms with van der Waals surface area (Å²) in [4.78, 5) is 0. The Labute approximate surface area is 117 Å². The van der Waals surface area contributed by atoms with E-state index in [1.165, 1.54) is 6.07 Å². The maximum Gasteiger partial charge on any atom is 0.198 e. The largest absolute Gasteiger partial charge is 0.453 e. The summed E-state index contributed by atoms with van der Waals surface area (Å²) in [5, 5.41) is 3.78. The van der Waals surface area contributed by atoms with Gasteiger partial charge in [-0.2, -0.15) is 0 Å². The number of aryl methyl sites for hydroxylation is 1. The van der Waals surface area contributed by atoms with E-state index in [-0.39, 0.29) is 11.9 Å². The van der Waals surface area contributed by atoms with Crippen molar-refractivity contribution in [3.63, 3.8) is 0 Å². The zero-order valence-corrected chi connectivity index (χ0v) is 11.8. The molecule has 1 aromatic heterocycles. The van der Waals surface area contributed by atoms with Gasteiger partial charge < -0.3 is 9.73 Å². The van der Waals surface area contributed by atoms with Crippen molar-refractivity contribution in [3.8, 4) is 0 Å². The Kier molecular flexibility index (Phi) is 4.61. The maximum atomic E-state index is 13.4. The maximum absolute atomic E-state index is 13.4. The van der Waals surface area contributed by atoms with Crippen molar-refractivity contribution >= 4 is 11.6 Å². The van der Waals surface area contributed by atoms with Crippen LogP contribution < -0.4 is 5.32 Å². The molecule has 2 aromatic rings. The van der Waals surface area contributed by atoms with Gasteiger partial charge in [-0.15, -0.1) is 0 Å². The molecule has 2 rings (SSSR count). The highest BCUT2D eigenvalue weighted by Crippen LogP contribution is 2.30. The van der Waals surface area contributed by atoms with Gasteiger partial charge in [0, 0.05) is 5.56 Å². The van der Waals surface area contributed by atoms with Gasteiger partial charge in [0.25, 0.3) is 0 Å². The number of hydrogen-bond donors (Lipinski definition) is 1. The first-order chi connectivity index (χ1) is 9.13. The van der Waals surface area contributed by atoms with Gasteiger partial charge in [0.15, 0.2) is 5.22 Å². The fourth-order valence-electron chi connectivity index (χ4n) is 2.05. The second-order valence-corrected chi connectivity index (χ2v) is 4.89. The van der Waals surface area contributed by atoms with Crippen LogP contribution in [-0.4, -0.2) is 6.54 Å². The van der Waals surface area contributed by atoms with Crippen molar-refractivity contribution in [2.45, 2.75) is 26.3 Å². The van der Waals surface area contributed by atoms with Crippen molar-refractivity contribution < 1.29 is 8.81 Å². The molecule has 1 atom stereocenters. The molecular formula is C15H17ClFNO. The van der Waals surface area contributed by atoms with Gasteiger partial charge in [-0.25, -0.2) is 4.39 Å². The average Bonchev–Trinajstić information content (AvgIpc) is 2.80. The molecule has 1 N–H and O–H groups in total. The highest BCUT2D eigenvalue weighted by molar-refractivity contribution is 6.29. The number of rotatable bonds is 5. The summed E-state index contributed by atoms with van der Waals surface area (Å²) >= 11 is 6.05. The molecule has 102 valence electrons. The van der Waals surface area contributed by atoms with Crippen LogP contribution >= 0.6 is 11.6 Å². The summed E-state index contributed by atoms with van der Waals surface area (Å²) in [6.07, 6.45) is 2.57. The molecule has 0 bridgehead atoms. The van der Waals surface area contributed by atoms with Gasteiger partial charge in [-0.1, -0.05) is 19.1 Å². The molecular weight excluding hydrogens is 265 g/mol. The molecule has 1 heterocycles. The lowest BCUT2D eigenvalue weighted by Gasteiger charge is -2.18. The molecule has 1 aromatic carbocycles. The van der Waals surface area contributed by atoms with Gasteiger partial charge in [0.2, 0.25) is 0 Å². The molecule has 0 radical (unpaired) electrons. The Balaban J connectivity index is 2.37. The van der Waals surface area contributed by atoms with Crippen LogP contribution in [0.5, 0.6) is 0 Å². The van der Waals surface area contributed by atoms with Gasteiger partial charge in [-0.3, -0.25) is 0 Å². The van der Waals surface area contributed by atoms with Crippen LogP contribution in [0.25, 0.3) is 0 Å². The number of nitrogens with one attached hydrogen (secondary N) is 1. The van der Waals surface area contributed by atoms with Crippen LogP contribution in [0.15, 0.2) is 34.9 Å². The third-order valence-corrected chi connectivity index (χ3v) is 3.38. The van der Waals surface area contributed by atoms with E-state index in [0.717, 1.165) is 24.1 Å². The lowest BCUT2D eigenvalue weighted by Crippen LogP contribution is -2.23. The highest BCUT2D eigenvalue weighted by Gasteiger charge is 2.19. The van der Waals surface area contributed by atoms with Gasteiger partial charge in [0.1, 0.15) is 5.82 Å². The van der Waals surface area contributed by atoms with E-state index in [9.17, 15) is 4.39 Å². The SMILES string of the molecule is CCCNC(c1ccc(F)c(C)c1)c1ccoc1Cl. The molecule has 0 fully saturated rings. The summed E-state index contributed by atoms with van der Waals surface area (Å²) < 4.78 is 18.5. The molecule has 1 unspecified atom stereocenters. The number of furan rings is 1. The summed E-state index contributed by atoms with van der Waals surface area (Å²) in [7, 11) is 0. The molecule has 0 aliphatic rings. The number of benzene rings is 1. The zero-order valence-electron chi connectivity index (χ0n) is 11.0. The minimum atomic E-state index is -0.198. The predicted octanol–water partition coefficient (Wildman–Crippen LogP) is 4.47. The third-order valence-electron chi connectivity index (χ3n) is 3.07. The van der Waals surface area contributed by atoms with Crippen LogP contribution in [0.3, 0.4) is 0 Å². The molecule has 2 nitrogen and oxygen atoms in total. The summed E-state index contributed by atoms with van der Waals surface area (Å²) in [6, 6.07) is 6.86.